The summed E-state index contributed by atoms with van der Waals surface area (Å²) >= 11 is 0. The van der Waals surface area contributed by atoms with E-state index in [1.54, 1.807) is 0 Å². The third-order valence-corrected chi connectivity index (χ3v) is 13.0. The number of nitrogens with zero attached hydrogens (tertiary/aromatic N) is 3. The van der Waals surface area contributed by atoms with Crippen molar-refractivity contribution in [3.8, 4) is 22.9 Å². The Balaban J connectivity index is 1.25. The molecule has 6 aromatic carbocycles. The number of rotatable bonds is 3. The molecule has 2 aliphatic carbocycles. The average molecular weight is 712 g/mol. The highest BCUT2D eigenvalue weighted by atomic mass is 16.5. The number of aromatic nitrogens is 2. The molecule has 55 heavy (non-hydrogen) atoms. The maximum Gasteiger partial charge on any atom is 0.256 e. The number of benzene rings is 6. The van der Waals surface area contributed by atoms with Gasteiger partial charge in [0.1, 0.15) is 11.5 Å². The highest BCUT2D eigenvalue weighted by Gasteiger charge is 2.44. The zero-order chi connectivity index (χ0) is 36.6. The van der Waals surface area contributed by atoms with Crippen molar-refractivity contribution in [2.24, 2.45) is 0 Å². The Bertz CT molecular complexity index is 2910. The quantitative estimate of drug-likeness (QED) is 0.170. The average Bonchev–Trinajstić information content (AvgIpc) is 3.99. The molecule has 2 aliphatic heterocycles. The SMILES string of the molecule is CC(C)(C)c1ccc(N2c3cccc4c3B(c3ccccc3O4)c3cc(-n4c5c(c6ccccc64)CCC5)cc(-n4c5c(c6ccccc64)CCC5)c32)cc1. The molecule has 0 atom stereocenters. The Morgan fingerprint density at radius 1 is 0.545 bits per heavy atom. The number of hydrogen-bond donors (Lipinski definition) is 0. The molecule has 0 amide bonds. The molecule has 4 nitrogen and oxygen atoms in total. The van der Waals surface area contributed by atoms with Gasteiger partial charge in [0, 0.05) is 39.2 Å². The maximum atomic E-state index is 6.79. The topological polar surface area (TPSA) is 22.3 Å². The molecule has 0 spiro atoms. The first kappa shape index (κ1) is 31.4. The summed E-state index contributed by atoms with van der Waals surface area (Å²) in [6.45, 7) is 6.89. The monoisotopic (exact) mass is 711 g/mol. The molecule has 4 heterocycles. The number of aryl methyl sites for hydroxylation is 2. The van der Waals surface area contributed by atoms with Crippen LogP contribution in [0.15, 0.2) is 127 Å². The van der Waals surface area contributed by atoms with Crippen molar-refractivity contribution in [2.45, 2.75) is 64.7 Å². The zero-order valence-corrected chi connectivity index (χ0v) is 31.7. The van der Waals surface area contributed by atoms with Crippen molar-refractivity contribution >= 4 is 62.0 Å². The molecule has 0 N–H and O–H groups in total. The van der Waals surface area contributed by atoms with Crippen LogP contribution in [0, 0.1) is 0 Å². The fourth-order valence-corrected chi connectivity index (χ4v) is 10.6. The molecule has 0 radical (unpaired) electrons. The first-order valence-electron chi connectivity index (χ1n) is 20.2. The number of para-hydroxylation sites is 3. The molecule has 2 aromatic heterocycles. The van der Waals surface area contributed by atoms with E-state index >= 15 is 0 Å². The molecule has 266 valence electrons. The van der Waals surface area contributed by atoms with Crippen LogP contribution in [0.4, 0.5) is 17.1 Å². The van der Waals surface area contributed by atoms with E-state index in [4.69, 9.17) is 4.74 Å². The van der Waals surface area contributed by atoms with E-state index in [9.17, 15) is 0 Å². The maximum absolute atomic E-state index is 6.79. The van der Waals surface area contributed by atoms with Gasteiger partial charge >= 0.3 is 0 Å². The van der Waals surface area contributed by atoms with E-state index in [0.717, 1.165) is 42.9 Å². The molecule has 0 bridgehead atoms. The largest absolute Gasteiger partial charge is 0.458 e. The smallest absolute Gasteiger partial charge is 0.256 e. The second-order valence-electron chi connectivity index (χ2n) is 17.1. The minimum absolute atomic E-state index is 0.000280. The van der Waals surface area contributed by atoms with Crippen molar-refractivity contribution in [3.63, 3.8) is 0 Å². The lowest BCUT2D eigenvalue weighted by atomic mass is 9.34. The summed E-state index contributed by atoms with van der Waals surface area (Å²) in [4.78, 5) is 2.56. The van der Waals surface area contributed by atoms with Gasteiger partial charge in [-0.25, -0.2) is 0 Å². The molecule has 8 aromatic rings. The molecule has 0 fully saturated rings. The summed E-state index contributed by atoms with van der Waals surface area (Å²) < 4.78 is 12.1. The van der Waals surface area contributed by atoms with Gasteiger partial charge in [-0.1, -0.05) is 93.6 Å². The molecular weight excluding hydrogens is 669 g/mol. The highest BCUT2D eigenvalue weighted by Crippen LogP contribution is 2.47. The molecule has 0 saturated carbocycles. The van der Waals surface area contributed by atoms with Crippen LogP contribution in [-0.2, 0) is 31.1 Å². The first-order chi connectivity index (χ1) is 26.9. The van der Waals surface area contributed by atoms with E-state index in [1.807, 2.05) is 0 Å². The van der Waals surface area contributed by atoms with Gasteiger partial charge in [-0.3, -0.25) is 0 Å². The van der Waals surface area contributed by atoms with Crippen molar-refractivity contribution in [1.29, 1.82) is 0 Å². The lowest BCUT2D eigenvalue weighted by Crippen LogP contribution is -2.59. The van der Waals surface area contributed by atoms with E-state index in [-0.39, 0.29) is 12.1 Å². The standard InChI is InChI=1S/C50H42BN3O/c1-50(2,3)31-25-27-32(28-26-31)53-44-22-12-24-47-48(44)51(38-17-6-9-23-46(38)55-47)39-29-33(52-40-18-7-4-13-34(40)36-15-10-20-41(36)52)30-45(49(39)53)54-42-19-8-5-14-35(42)37-16-11-21-43(37)54/h4-9,12-14,17-19,22-30H,10-11,15-16,20-21H2,1-3H3. The Kier molecular flexibility index (Phi) is 6.46. The number of hydrogen-bond acceptors (Lipinski definition) is 2. The predicted molar refractivity (Wildman–Crippen MR) is 229 cm³/mol. The van der Waals surface area contributed by atoms with Crippen molar-refractivity contribution in [2.75, 3.05) is 4.90 Å². The number of anilines is 3. The van der Waals surface area contributed by atoms with Gasteiger partial charge in [0.05, 0.1) is 22.4 Å². The lowest BCUT2D eigenvalue weighted by molar-refractivity contribution is 0.487. The second-order valence-corrected chi connectivity index (χ2v) is 17.1. The zero-order valence-electron chi connectivity index (χ0n) is 31.7. The summed E-state index contributed by atoms with van der Waals surface area (Å²) in [5, 5.41) is 2.78. The van der Waals surface area contributed by atoms with Crippen LogP contribution in [-0.4, -0.2) is 15.8 Å². The van der Waals surface area contributed by atoms with Crippen LogP contribution < -0.4 is 26.0 Å². The molecule has 0 saturated heterocycles. The van der Waals surface area contributed by atoms with Crippen molar-refractivity contribution in [3.05, 3.63) is 155 Å². The van der Waals surface area contributed by atoms with Crippen LogP contribution in [0.2, 0.25) is 0 Å². The van der Waals surface area contributed by atoms with Gasteiger partial charge in [0.2, 0.25) is 0 Å². The molecule has 5 heteroatoms. The second kappa shape index (κ2) is 11.3. The Hall–Kier alpha value is -5.94. The van der Waals surface area contributed by atoms with Gasteiger partial charge in [-0.15, -0.1) is 0 Å². The Morgan fingerprint density at radius 2 is 1.18 bits per heavy atom. The predicted octanol–water partition coefficient (Wildman–Crippen LogP) is 10.3. The van der Waals surface area contributed by atoms with Crippen LogP contribution >= 0.6 is 0 Å². The van der Waals surface area contributed by atoms with Crippen LogP contribution in [0.25, 0.3) is 33.2 Å². The van der Waals surface area contributed by atoms with E-state index in [0.29, 0.717) is 0 Å². The van der Waals surface area contributed by atoms with Crippen LogP contribution in [0.3, 0.4) is 0 Å². The van der Waals surface area contributed by atoms with Crippen LogP contribution in [0.5, 0.6) is 11.5 Å². The lowest BCUT2D eigenvalue weighted by Gasteiger charge is -2.41. The van der Waals surface area contributed by atoms with Gasteiger partial charge in [-0.2, -0.15) is 0 Å². The van der Waals surface area contributed by atoms with Gasteiger partial charge in [0.15, 0.2) is 0 Å². The Morgan fingerprint density at radius 3 is 1.91 bits per heavy atom. The summed E-state index contributed by atoms with van der Waals surface area (Å²) in [7, 11) is 0. The fourth-order valence-electron chi connectivity index (χ4n) is 10.6. The van der Waals surface area contributed by atoms with Crippen LogP contribution in [0.1, 0.15) is 61.7 Å². The van der Waals surface area contributed by atoms with Gasteiger partial charge < -0.3 is 18.8 Å². The van der Waals surface area contributed by atoms with E-state index in [1.165, 1.54) is 102 Å². The van der Waals surface area contributed by atoms with E-state index < -0.39 is 0 Å². The minimum atomic E-state index is -0.000280. The third-order valence-electron chi connectivity index (χ3n) is 13.0. The molecule has 0 unspecified atom stereocenters. The summed E-state index contributed by atoms with van der Waals surface area (Å²) in [5.74, 6) is 1.88. The molecule has 4 aliphatic rings. The molecule has 12 rings (SSSR count). The third kappa shape index (κ3) is 4.35. The molecular formula is C50H42BN3O. The fraction of sp³-hybridized carbons (Fsp3) is 0.200. The number of ether oxygens (including phenoxy) is 1. The van der Waals surface area contributed by atoms with Crippen molar-refractivity contribution < 1.29 is 4.74 Å². The minimum Gasteiger partial charge on any atom is -0.458 e. The summed E-state index contributed by atoms with van der Waals surface area (Å²) in [5.41, 5.74) is 19.8. The normalized spacial score (nSPS) is 15.2. The van der Waals surface area contributed by atoms with Gasteiger partial charge in [-0.05, 0) is 132 Å². The van der Waals surface area contributed by atoms with Gasteiger partial charge in [0.25, 0.3) is 6.71 Å². The Labute approximate surface area is 322 Å². The summed E-state index contributed by atoms with van der Waals surface area (Å²) in [6, 6.07) is 48.0. The number of fused-ring (bicyclic) bond motifs is 10. The first-order valence-corrected chi connectivity index (χ1v) is 20.2. The van der Waals surface area contributed by atoms with E-state index in [2.05, 4.69) is 162 Å². The van der Waals surface area contributed by atoms with Crippen molar-refractivity contribution in [1.82, 2.24) is 9.13 Å². The summed E-state index contributed by atoms with van der Waals surface area (Å²) in [6.07, 6.45) is 6.82. The highest BCUT2D eigenvalue weighted by molar-refractivity contribution is 6.99.